The molecule has 4 aromatic carbocycles. The second-order valence-corrected chi connectivity index (χ2v) is 26.7. The number of nitrogens with two attached hydrogens (primary N) is 5. The van der Waals surface area contributed by atoms with Crippen molar-refractivity contribution in [2.75, 3.05) is 26.2 Å². The van der Waals surface area contributed by atoms with Gasteiger partial charge >= 0.3 is 5.97 Å². The first-order valence-electron chi connectivity index (χ1n) is 36.0. The molecule has 572 valence electrons. The summed E-state index contributed by atoms with van der Waals surface area (Å²) in [5, 5.41) is 67.1. The van der Waals surface area contributed by atoms with E-state index in [2.05, 4.69) is 78.4 Å². The van der Waals surface area contributed by atoms with E-state index in [1.54, 1.807) is 49.1 Å². The molecule has 0 aliphatic rings. The molecule has 4 heterocycles. The zero-order chi connectivity index (χ0) is 77.1. The Kier molecular flexibility index (Phi) is 30.0. The van der Waals surface area contributed by atoms with E-state index in [4.69, 9.17) is 44.9 Å². The molecule has 33 heteroatoms. The molecule has 0 fully saturated rings. The number of nitrogens with one attached hydrogen (secondary N) is 18. The number of aliphatic carboxylic acids is 1. The molecular weight excluding hydrogens is 1370 g/mol. The molecule has 4 aromatic heterocycles. The zero-order valence-corrected chi connectivity index (χ0v) is 60.1. The van der Waals surface area contributed by atoms with E-state index >= 15 is 19.2 Å². The number of hydrogen-bond acceptors (Lipinski definition) is 14. The quantitative estimate of drug-likeness (QED) is 0.0145. The average molecular weight is 1470 g/mol. The van der Waals surface area contributed by atoms with Crippen LogP contribution in [0.2, 0.25) is 0 Å². The number of carbonyl (C=O) groups is 9. The van der Waals surface area contributed by atoms with Gasteiger partial charge in [-0.3, -0.25) is 54.6 Å². The SMILES string of the molecule is CC[C@H](C)[C@H](N)C(=O)N[C@@H](CCCCN)C(=O)N[C@@H](CCCNC(=N)N)C(=O)N[C@@H](Cc1c[nH]c2ccccc12)C(=O)N[C@@H](Cc1c[nH]c2ccccc12)C(=O)N[C@@H](Cc1c[nH]c2ccccc12)C(=O)N[C@@H](CCCNC(=N)N)C(=O)N[C@@H](CCCNC(=N)N)C(=O)N[C@@H](Cc1c[nH]c2ccccc12)C(=O)O. The number of aromatic nitrogens is 4. The number of para-hydroxylation sites is 4. The normalized spacial score (nSPS) is 14.1. The Morgan fingerprint density at radius 2 is 0.636 bits per heavy atom. The van der Waals surface area contributed by atoms with Crippen molar-refractivity contribution >= 4 is 115 Å². The minimum Gasteiger partial charge on any atom is -0.480 e. The smallest absolute Gasteiger partial charge is 0.326 e. The number of carboxylic acids is 1. The number of H-pyrrole nitrogens is 4. The number of carboxylic acid groups (broad SMARTS) is 1. The number of unbranched alkanes of at least 4 members (excludes halogenated alkanes) is 1. The van der Waals surface area contributed by atoms with Crippen LogP contribution in [0.4, 0.5) is 0 Å². The van der Waals surface area contributed by atoms with Crippen LogP contribution in [-0.4, -0.2) is 177 Å². The van der Waals surface area contributed by atoms with Gasteiger partial charge in [-0.1, -0.05) is 93.1 Å². The Bertz CT molecular complexity index is 4410. The molecule has 8 amide bonds. The summed E-state index contributed by atoms with van der Waals surface area (Å²) >= 11 is 0. The maximum Gasteiger partial charge on any atom is 0.326 e. The lowest BCUT2D eigenvalue weighted by Crippen LogP contribution is -2.61. The molecule has 0 aliphatic carbocycles. The van der Waals surface area contributed by atoms with E-state index in [1.807, 2.05) is 86.6 Å². The number of fused-ring (bicyclic) bond motifs is 4. The highest BCUT2D eigenvalue weighted by Gasteiger charge is 2.37. The van der Waals surface area contributed by atoms with Crippen LogP contribution in [0.25, 0.3) is 43.6 Å². The van der Waals surface area contributed by atoms with Gasteiger partial charge in [-0.2, -0.15) is 0 Å². The van der Waals surface area contributed by atoms with Gasteiger partial charge in [-0.15, -0.1) is 0 Å². The van der Waals surface area contributed by atoms with Crippen LogP contribution in [0.15, 0.2) is 122 Å². The van der Waals surface area contributed by atoms with Crippen molar-refractivity contribution < 1.29 is 48.3 Å². The van der Waals surface area contributed by atoms with E-state index < -0.39 is 108 Å². The summed E-state index contributed by atoms with van der Waals surface area (Å²) in [7, 11) is 0. The van der Waals surface area contributed by atoms with Crippen molar-refractivity contribution in [1.29, 1.82) is 16.2 Å². The Balaban J connectivity index is 1.13. The predicted octanol–water partition coefficient (Wildman–Crippen LogP) is 1.14. The molecule has 29 N–H and O–H groups in total. The Morgan fingerprint density at radius 1 is 0.383 bits per heavy atom. The van der Waals surface area contributed by atoms with Crippen molar-refractivity contribution in [3.05, 3.63) is 144 Å². The molecule has 0 aliphatic heterocycles. The van der Waals surface area contributed by atoms with Crippen molar-refractivity contribution in [1.82, 2.24) is 78.4 Å². The first-order valence-corrected chi connectivity index (χ1v) is 36.0. The van der Waals surface area contributed by atoms with E-state index in [0.29, 0.717) is 80.8 Å². The Hall–Kier alpha value is -12.0. The van der Waals surface area contributed by atoms with E-state index in [9.17, 15) is 29.1 Å². The summed E-state index contributed by atoms with van der Waals surface area (Å²) in [6, 6.07) is 16.5. The number of hydrogen-bond donors (Lipinski definition) is 24. The Labute approximate surface area is 618 Å². The van der Waals surface area contributed by atoms with Crippen LogP contribution in [-0.2, 0) is 68.8 Å². The second-order valence-electron chi connectivity index (χ2n) is 26.7. The largest absolute Gasteiger partial charge is 0.480 e. The molecule has 0 saturated carbocycles. The maximum absolute atomic E-state index is 15.8. The van der Waals surface area contributed by atoms with Crippen molar-refractivity contribution in [2.24, 2.45) is 34.6 Å². The molecule has 0 unspecified atom stereocenters. The van der Waals surface area contributed by atoms with Crippen LogP contribution in [0.3, 0.4) is 0 Å². The fraction of sp³-hybridized carbons (Fsp3) is 0.405. The molecule has 33 nitrogen and oxygen atoms in total. The number of rotatable bonds is 43. The highest BCUT2D eigenvalue weighted by Crippen LogP contribution is 2.25. The number of guanidine groups is 3. The third-order valence-corrected chi connectivity index (χ3v) is 18.9. The van der Waals surface area contributed by atoms with Crippen molar-refractivity contribution in [3.63, 3.8) is 0 Å². The highest BCUT2D eigenvalue weighted by molar-refractivity contribution is 6.00. The molecule has 0 bridgehead atoms. The fourth-order valence-corrected chi connectivity index (χ4v) is 12.8. The number of amides is 8. The topological polar surface area (TPSA) is 571 Å². The van der Waals surface area contributed by atoms with Crippen molar-refractivity contribution in [2.45, 2.75) is 158 Å². The van der Waals surface area contributed by atoms with E-state index in [-0.39, 0.29) is 114 Å². The summed E-state index contributed by atoms with van der Waals surface area (Å²) in [5.74, 6) is -9.17. The average Bonchev–Trinajstić information content (AvgIpc) is 1.73. The molecule has 0 saturated heterocycles. The molecule has 107 heavy (non-hydrogen) atoms. The van der Waals surface area contributed by atoms with Gasteiger partial charge in [0.1, 0.15) is 48.3 Å². The van der Waals surface area contributed by atoms with Crippen LogP contribution in [0, 0.1) is 22.1 Å². The summed E-state index contributed by atoms with van der Waals surface area (Å²) < 4.78 is 0. The predicted molar refractivity (Wildman–Crippen MR) is 409 cm³/mol. The summed E-state index contributed by atoms with van der Waals surface area (Å²) in [6.07, 6.45) is 7.70. The van der Waals surface area contributed by atoms with Crippen LogP contribution in [0.5, 0.6) is 0 Å². The molecule has 0 spiro atoms. The van der Waals surface area contributed by atoms with Gasteiger partial charge < -0.3 is 112 Å². The molecule has 8 rings (SSSR count). The van der Waals surface area contributed by atoms with Gasteiger partial charge in [-0.25, -0.2) is 4.79 Å². The standard InChI is InChI=1S/C74H101N23O10/c1-3-41(2)62(76)70(105)93-54(25-12-13-29-75)63(98)90-56(27-15-31-84-73(79)80)65(100)94-59(34-43-38-87-51-22-9-5-18-47(43)51)68(103)96-60(35-44-39-88-52-23-10-6-19-48(44)52)69(104)95-58(33-42-37-86-50-21-8-4-17-46(42)50)67(102)92-55(26-14-30-83-72(77)78)64(99)91-57(28-16-32-85-74(81)82)66(101)97-61(71(106)107)36-45-40-89-53-24-11-7-20-49(45)53/h4-11,17-24,37-41,54-62,86-89H,3,12-16,25-36,75-76H2,1-2H3,(H,90,98)(H,91,99)(H,92,102)(H,93,105)(H,94,100)(H,95,104)(H,96,103)(H,97,101)(H,106,107)(H4,77,78,83)(H4,79,80,84)(H4,81,82,85)/t41-,54-,55-,56-,57-,58-,59-,60-,61-,62-/m0/s1. The highest BCUT2D eigenvalue weighted by atomic mass is 16.4. The van der Waals surface area contributed by atoms with Crippen LogP contribution < -0.4 is 87.2 Å². The lowest BCUT2D eigenvalue weighted by atomic mass is 9.98. The maximum atomic E-state index is 15.8. The van der Waals surface area contributed by atoms with Gasteiger partial charge in [0.25, 0.3) is 0 Å². The summed E-state index contributed by atoms with van der Waals surface area (Å²) in [4.78, 5) is 145. The molecule has 0 radical (unpaired) electrons. The van der Waals surface area contributed by atoms with Gasteiger partial charge in [0.05, 0.1) is 6.04 Å². The second kappa shape index (κ2) is 39.8. The van der Waals surface area contributed by atoms with Gasteiger partial charge in [0, 0.05) is 114 Å². The van der Waals surface area contributed by atoms with E-state index in [0.717, 1.165) is 10.9 Å². The number of aromatic amines is 4. The molecule has 10 atom stereocenters. The van der Waals surface area contributed by atoms with Gasteiger partial charge in [0.2, 0.25) is 47.3 Å². The third-order valence-electron chi connectivity index (χ3n) is 18.9. The molecular formula is C74H101N23O10. The Morgan fingerprint density at radius 3 is 0.916 bits per heavy atom. The first kappa shape index (κ1) is 80.7. The fourth-order valence-electron chi connectivity index (χ4n) is 12.8. The first-order chi connectivity index (χ1) is 51.4. The van der Waals surface area contributed by atoms with Gasteiger partial charge in [-0.05, 0) is 117 Å². The van der Waals surface area contributed by atoms with Crippen molar-refractivity contribution in [3.8, 4) is 0 Å². The minimum absolute atomic E-state index is 0.0497. The van der Waals surface area contributed by atoms with Crippen LogP contribution >= 0.6 is 0 Å². The summed E-state index contributed by atoms with van der Waals surface area (Å²) in [5.41, 5.74) is 34.2. The van der Waals surface area contributed by atoms with Gasteiger partial charge in [0.15, 0.2) is 17.9 Å². The lowest BCUT2D eigenvalue weighted by Gasteiger charge is -2.28. The zero-order valence-electron chi connectivity index (χ0n) is 60.1. The minimum atomic E-state index is -1.55. The van der Waals surface area contributed by atoms with E-state index in [1.165, 1.54) is 0 Å². The lowest BCUT2D eigenvalue weighted by molar-refractivity contribution is -0.142. The monoisotopic (exact) mass is 1470 g/mol. The molecule has 8 aromatic rings. The summed E-state index contributed by atoms with van der Waals surface area (Å²) in [6.45, 7) is 4.24. The van der Waals surface area contributed by atoms with Crippen LogP contribution in [0.1, 0.15) is 100 Å². The number of benzene rings is 4. The number of carbonyl (C=O) groups excluding carboxylic acids is 8. The third kappa shape index (κ3) is 23.5.